The molecule has 1 aromatic rings. The van der Waals surface area contributed by atoms with Crippen LogP contribution in [0.5, 0.6) is 0 Å². The van der Waals surface area contributed by atoms with E-state index >= 15 is 0 Å². The predicted octanol–water partition coefficient (Wildman–Crippen LogP) is 5.22. The highest BCUT2D eigenvalue weighted by Gasteiger charge is 2.31. The molecule has 1 aromatic carbocycles. The SMILES string of the molecule is Brc1ccc(NC2CCC3CCCCC3C2)cc1. The molecule has 0 aliphatic heterocycles. The molecular formula is C16H22BrN. The van der Waals surface area contributed by atoms with Gasteiger partial charge in [0.05, 0.1) is 0 Å². The van der Waals surface area contributed by atoms with Crippen molar-refractivity contribution < 1.29 is 0 Å². The number of rotatable bonds is 2. The summed E-state index contributed by atoms with van der Waals surface area (Å²) in [6.07, 6.45) is 10.1. The van der Waals surface area contributed by atoms with Gasteiger partial charge in [0.25, 0.3) is 0 Å². The van der Waals surface area contributed by atoms with Crippen molar-refractivity contribution in [1.29, 1.82) is 0 Å². The van der Waals surface area contributed by atoms with Crippen LogP contribution in [0.15, 0.2) is 28.7 Å². The van der Waals surface area contributed by atoms with E-state index in [4.69, 9.17) is 0 Å². The van der Waals surface area contributed by atoms with Crippen LogP contribution in [-0.2, 0) is 0 Å². The van der Waals surface area contributed by atoms with E-state index in [-0.39, 0.29) is 0 Å². The number of hydrogen-bond acceptors (Lipinski definition) is 1. The lowest BCUT2D eigenvalue weighted by atomic mass is 9.69. The Morgan fingerprint density at radius 2 is 1.61 bits per heavy atom. The highest BCUT2D eigenvalue weighted by atomic mass is 79.9. The maximum atomic E-state index is 3.72. The first-order chi connectivity index (χ1) is 8.81. The lowest BCUT2D eigenvalue weighted by Crippen LogP contribution is -2.34. The maximum absolute atomic E-state index is 3.72. The highest BCUT2D eigenvalue weighted by Crippen LogP contribution is 2.41. The van der Waals surface area contributed by atoms with Gasteiger partial charge in [0.1, 0.15) is 0 Å². The molecule has 0 bridgehead atoms. The summed E-state index contributed by atoms with van der Waals surface area (Å²) in [7, 11) is 0. The summed E-state index contributed by atoms with van der Waals surface area (Å²) in [5, 5.41) is 3.72. The second kappa shape index (κ2) is 5.64. The summed E-state index contributed by atoms with van der Waals surface area (Å²) in [5.74, 6) is 2.04. The van der Waals surface area contributed by atoms with E-state index in [1.807, 2.05) is 0 Å². The van der Waals surface area contributed by atoms with Gasteiger partial charge in [0.2, 0.25) is 0 Å². The molecule has 2 aliphatic rings. The normalized spacial score (nSPS) is 31.7. The number of anilines is 1. The van der Waals surface area contributed by atoms with Gasteiger partial charge in [-0.3, -0.25) is 0 Å². The zero-order valence-corrected chi connectivity index (χ0v) is 12.5. The molecule has 3 unspecified atom stereocenters. The van der Waals surface area contributed by atoms with E-state index in [1.54, 1.807) is 0 Å². The topological polar surface area (TPSA) is 12.0 Å². The van der Waals surface area contributed by atoms with Crippen LogP contribution >= 0.6 is 15.9 Å². The summed E-state index contributed by atoms with van der Waals surface area (Å²) in [5.41, 5.74) is 1.28. The third kappa shape index (κ3) is 2.90. The molecular weight excluding hydrogens is 286 g/mol. The molecule has 18 heavy (non-hydrogen) atoms. The summed E-state index contributed by atoms with van der Waals surface area (Å²) in [6, 6.07) is 9.29. The van der Waals surface area contributed by atoms with Crippen LogP contribution in [0.1, 0.15) is 44.9 Å². The monoisotopic (exact) mass is 307 g/mol. The Labute approximate surface area is 118 Å². The van der Waals surface area contributed by atoms with Crippen molar-refractivity contribution in [1.82, 2.24) is 0 Å². The van der Waals surface area contributed by atoms with Crippen LogP contribution in [0.3, 0.4) is 0 Å². The average Bonchev–Trinajstić information content (AvgIpc) is 2.41. The minimum absolute atomic E-state index is 0.700. The second-order valence-corrected chi connectivity index (χ2v) is 6.88. The van der Waals surface area contributed by atoms with Crippen molar-refractivity contribution in [3.05, 3.63) is 28.7 Å². The van der Waals surface area contributed by atoms with E-state index in [1.165, 1.54) is 50.6 Å². The summed E-state index contributed by atoms with van der Waals surface area (Å²) < 4.78 is 1.16. The molecule has 3 atom stereocenters. The molecule has 0 spiro atoms. The van der Waals surface area contributed by atoms with Crippen LogP contribution in [0.2, 0.25) is 0 Å². The van der Waals surface area contributed by atoms with E-state index in [9.17, 15) is 0 Å². The third-order valence-corrected chi connectivity index (χ3v) is 5.28. The van der Waals surface area contributed by atoms with Gasteiger partial charge in [-0.2, -0.15) is 0 Å². The lowest BCUT2D eigenvalue weighted by Gasteiger charge is -2.39. The molecule has 1 nitrogen and oxygen atoms in total. The molecule has 0 aromatic heterocycles. The van der Waals surface area contributed by atoms with Gasteiger partial charge < -0.3 is 5.32 Å². The number of nitrogens with one attached hydrogen (secondary N) is 1. The second-order valence-electron chi connectivity index (χ2n) is 5.97. The fraction of sp³-hybridized carbons (Fsp3) is 0.625. The predicted molar refractivity (Wildman–Crippen MR) is 80.9 cm³/mol. The maximum Gasteiger partial charge on any atom is 0.0343 e. The molecule has 3 rings (SSSR count). The van der Waals surface area contributed by atoms with Crippen LogP contribution in [-0.4, -0.2) is 6.04 Å². The van der Waals surface area contributed by atoms with Crippen molar-refractivity contribution in [3.63, 3.8) is 0 Å². The lowest BCUT2D eigenvalue weighted by molar-refractivity contribution is 0.162. The Morgan fingerprint density at radius 1 is 0.889 bits per heavy atom. The van der Waals surface area contributed by atoms with Gasteiger partial charge in [-0.25, -0.2) is 0 Å². The number of halogens is 1. The Kier molecular flexibility index (Phi) is 3.93. The number of hydrogen-bond donors (Lipinski definition) is 1. The molecule has 0 amide bonds. The van der Waals surface area contributed by atoms with Crippen molar-refractivity contribution in [2.24, 2.45) is 11.8 Å². The Bertz CT molecular complexity index is 387. The molecule has 2 heteroatoms. The van der Waals surface area contributed by atoms with E-state index in [2.05, 4.69) is 45.5 Å². The van der Waals surface area contributed by atoms with Gasteiger partial charge >= 0.3 is 0 Å². The van der Waals surface area contributed by atoms with Gasteiger partial charge in [-0.05, 0) is 55.4 Å². The molecule has 0 saturated heterocycles. The van der Waals surface area contributed by atoms with Gasteiger partial charge in [0, 0.05) is 16.2 Å². The van der Waals surface area contributed by atoms with Crippen molar-refractivity contribution in [3.8, 4) is 0 Å². The van der Waals surface area contributed by atoms with Gasteiger partial charge in [-0.1, -0.05) is 41.6 Å². The summed E-state index contributed by atoms with van der Waals surface area (Å²) in [4.78, 5) is 0. The first kappa shape index (κ1) is 12.5. The molecule has 0 radical (unpaired) electrons. The number of fused-ring (bicyclic) bond motifs is 1. The van der Waals surface area contributed by atoms with Crippen LogP contribution in [0, 0.1) is 11.8 Å². The Balaban J connectivity index is 1.59. The highest BCUT2D eigenvalue weighted by molar-refractivity contribution is 9.10. The number of benzene rings is 1. The largest absolute Gasteiger partial charge is 0.382 e. The van der Waals surface area contributed by atoms with Gasteiger partial charge in [-0.15, -0.1) is 0 Å². The molecule has 2 aliphatic carbocycles. The smallest absolute Gasteiger partial charge is 0.0343 e. The van der Waals surface area contributed by atoms with E-state index in [0.717, 1.165) is 16.3 Å². The molecule has 2 fully saturated rings. The first-order valence-corrected chi connectivity index (χ1v) is 8.12. The fourth-order valence-corrected chi connectivity index (χ4v) is 4.05. The molecule has 98 valence electrons. The van der Waals surface area contributed by atoms with Crippen LogP contribution < -0.4 is 5.32 Å². The van der Waals surface area contributed by atoms with Crippen molar-refractivity contribution >= 4 is 21.6 Å². The van der Waals surface area contributed by atoms with Crippen LogP contribution in [0.4, 0.5) is 5.69 Å². The zero-order chi connectivity index (χ0) is 12.4. The van der Waals surface area contributed by atoms with E-state index in [0.29, 0.717) is 6.04 Å². The molecule has 2 saturated carbocycles. The van der Waals surface area contributed by atoms with Crippen LogP contribution in [0.25, 0.3) is 0 Å². The Morgan fingerprint density at radius 3 is 2.39 bits per heavy atom. The minimum atomic E-state index is 0.700. The fourth-order valence-electron chi connectivity index (χ4n) is 3.79. The standard InChI is InChI=1S/C16H22BrN/c17-14-6-9-15(10-7-14)18-16-8-5-12-3-1-2-4-13(12)11-16/h6-7,9-10,12-13,16,18H,1-5,8,11H2. The Hall–Kier alpha value is -0.500. The van der Waals surface area contributed by atoms with Crippen molar-refractivity contribution in [2.45, 2.75) is 51.0 Å². The third-order valence-electron chi connectivity index (χ3n) is 4.75. The molecule has 0 heterocycles. The molecule has 1 N–H and O–H groups in total. The van der Waals surface area contributed by atoms with E-state index < -0.39 is 0 Å². The summed E-state index contributed by atoms with van der Waals surface area (Å²) in [6.45, 7) is 0. The average molecular weight is 308 g/mol. The quantitative estimate of drug-likeness (QED) is 0.790. The summed E-state index contributed by atoms with van der Waals surface area (Å²) >= 11 is 3.49. The minimum Gasteiger partial charge on any atom is -0.382 e. The van der Waals surface area contributed by atoms with Crippen molar-refractivity contribution in [2.75, 3.05) is 5.32 Å². The zero-order valence-electron chi connectivity index (χ0n) is 10.9. The van der Waals surface area contributed by atoms with Gasteiger partial charge in [0.15, 0.2) is 0 Å². The first-order valence-electron chi connectivity index (χ1n) is 7.33.